The number of aromatic nitrogens is 2. The molecule has 2 N–H and O–H groups in total. The summed E-state index contributed by atoms with van der Waals surface area (Å²) in [5.41, 5.74) is 3.86. The van der Waals surface area contributed by atoms with Crippen LogP contribution in [0.2, 0.25) is 0 Å². The molecule has 0 saturated heterocycles. The smallest absolute Gasteiger partial charge is 0.225 e. The van der Waals surface area contributed by atoms with Gasteiger partial charge >= 0.3 is 0 Å². The van der Waals surface area contributed by atoms with Crippen LogP contribution in [0.15, 0.2) is 85.2 Å². The Bertz CT molecular complexity index is 1630. The van der Waals surface area contributed by atoms with E-state index in [0.29, 0.717) is 27.7 Å². The van der Waals surface area contributed by atoms with E-state index in [0.717, 1.165) is 22.9 Å². The number of nitrogens with one attached hydrogen (secondary N) is 2. The molecule has 0 spiro atoms. The zero-order valence-electron chi connectivity index (χ0n) is 22.0. The van der Waals surface area contributed by atoms with Crippen LogP contribution in [-0.4, -0.2) is 22.0 Å². The molecule has 0 fully saturated rings. The van der Waals surface area contributed by atoms with Gasteiger partial charge in [0.2, 0.25) is 5.91 Å². The summed E-state index contributed by atoms with van der Waals surface area (Å²) >= 11 is 0. The first-order valence-corrected chi connectivity index (χ1v) is 13.0. The lowest BCUT2D eigenvalue weighted by molar-refractivity contribution is -0.121. The lowest BCUT2D eigenvalue weighted by Crippen LogP contribution is -2.32. The molecule has 0 aliphatic carbocycles. The van der Waals surface area contributed by atoms with Gasteiger partial charge in [-0.25, -0.2) is 13.2 Å². The molecule has 5 aromatic rings. The van der Waals surface area contributed by atoms with Crippen LogP contribution < -0.4 is 10.1 Å². The van der Waals surface area contributed by atoms with Gasteiger partial charge in [0.05, 0.1) is 24.3 Å². The van der Waals surface area contributed by atoms with Crippen molar-refractivity contribution in [1.29, 1.82) is 0 Å². The Balaban J connectivity index is 1.48. The van der Waals surface area contributed by atoms with E-state index in [1.165, 1.54) is 24.3 Å². The quantitative estimate of drug-likeness (QED) is 0.209. The molecule has 5 nitrogen and oxygen atoms in total. The van der Waals surface area contributed by atoms with Gasteiger partial charge in [0.15, 0.2) is 0 Å². The number of pyridine rings is 1. The fourth-order valence-corrected chi connectivity index (χ4v) is 4.82. The van der Waals surface area contributed by atoms with Crippen LogP contribution in [0, 0.1) is 17.5 Å². The van der Waals surface area contributed by atoms with Crippen molar-refractivity contribution in [2.75, 3.05) is 0 Å². The number of carbonyl (C=O) groups excluding carboxylic acids is 1. The van der Waals surface area contributed by atoms with Gasteiger partial charge in [0.1, 0.15) is 23.2 Å². The number of ether oxygens (including phenoxy) is 1. The maximum atomic E-state index is 14.1. The number of carbonyl (C=O) groups is 1. The Hall–Kier alpha value is -4.59. The molecule has 40 heavy (non-hydrogen) atoms. The second-order valence-corrected chi connectivity index (χ2v) is 9.91. The van der Waals surface area contributed by atoms with Gasteiger partial charge in [-0.3, -0.25) is 9.78 Å². The summed E-state index contributed by atoms with van der Waals surface area (Å²) in [4.78, 5) is 21.0. The molecule has 2 aromatic heterocycles. The van der Waals surface area contributed by atoms with Crippen molar-refractivity contribution < 1.29 is 22.7 Å². The van der Waals surface area contributed by atoms with Crippen LogP contribution in [0.5, 0.6) is 5.75 Å². The Morgan fingerprint density at radius 1 is 0.950 bits per heavy atom. The number of hydrogen-bond donors (Lipinski definition) is 2. The lowest BCUT2D eigenvalue weighted by atomic mass is 9.95. The molecule has 0 saturated carbocycles. The number of nitrogens with zero attached hydrogens (tertiary/aromatic N) is 1. The number of halogens is 3. The van der Waals surface area contributed by atoms with Crippen molar-refractivity contribution >= 4 is 16.8 Å². The summed E-state index contributed by atoms with van der Waals surface area (Å²) in [6.45, 7) is 3.89. The van der Waals surface area contributed by atoms with Gasteiger partial charge in [-0.05, 0) is 85.5 Å². The van der Waals surface area contributed by atoms with E-state index in [9.17, 15) is 18.0 Å². The van der Waals surface area contributed by atoms with Crippen molar-refractivity contribution in [1.82, 2.24) is 15.3 Å². The van der Waals surface area contributed by atoms with Gasteiger partial charge in [-0.2, -0.15) is 0 Å². The monoisotopic (exact) mass is 543 g/mol. The van der Waals surface area contributed by atoms with E-state index in [1.54, 1.807) is 24.5 Å². The molecule has 1 amide bonds. The zero-order valence-corrected chi connectivity index (χ0v) is 22.0. The fraction of sp³-hybridized carbons (Fsp3) is 0.188. The van der Waals surface area contributed by atoms with E-state index < -0.39 is 23.5 Å². The predicted octanol–water partition coefficient (Wildman–Crippen LogP) is 7.08. The second-order valence-electron chi connectivity index (χ2n) is 9.91. The first kappa shape index (κ1) is 27.0. The van der Waals surface area contributed by atoms with E-state index in [1.807, 2.05) is 44.2 Å². The highest BCUT2D eigenvalue weighted by Gasteiger charge is 2.22. The highest BCUT2D eigenvalue weighted by atomic mass is 19.1. The van der Waals surface area contributed by atoms with Crippen molar-refractivity contribution in [2.24, 2.45) is 0 Å². The first-order chi connectivity index (χ1) is 19.2. The van der Waals surface area contributed by atoms with Crippen LogP contribution in [-0.2, 0) is 17.6 Å². The average molecular weight is 544 g/mol. The van der Waals surface area contributed by atoms with Gasteiger partial charge in [0, 0.05) is 34.9 Å². The summed E-state index contributed by atoms with van der Waals surface area (Å²) in [7, 11) is 0. The van der Waals surface area contributed by atoms with Crippen LogP contribution in [0.4, 0.5) is 13.2 Å². The maximum Gasteiger partial charge on any atom is 0.225 e. The summed E-state index contributed by atoms with van der Waals surface area (Å²) in [6.07, 6.45) is 3.39. The summed E-state index contributed by atoms with van der Waals surface area (Å²) in [5, 5.41) is 3.62. The van der Waals surface area contributed by atoms with Crippen molar-refractivity contribution in [3.8, 4) is 16.9 Å². The van der Waals surface area contributed by atoms with Gasteiger partial charge in [-0.1, -0.05) is 18.2 Å². The summed E-state index contributed by atoms with van der Waals surface area (Å²) in [6, 6.07) is 18.1. The van der Waals surface area contributed by atoms with Crippen LogP contribution in [0.3, 0.4) is 0 Å². The summed E-state index contributed by atoms with van der Waals surface area (Å²) in [5.74, 6) is -1.43. The van der Waals surface area contributed by atoms with Crippen LogP contribution in [0.25, 0.3) is 22.0 Å². The number of hydrogen-bond acceptors (Lipinski definition) is 3. The third kappa shape index (κ3) is 6.34. The van der Waals surface area contributed by atoms with Crippen molar-refractivity contribution in [3.63, 3.8) is 0 Å². The molecule has 0 unspecified atom stereocenters. The van der Waals surface area contributed by atoms with Gasteiger partial charge in [-0.15, -0.1) is 0 Å². The fourth-order valence-electron chi connectivity index (χ4n) is 4.82. The van der Waals surface area contributed by atoms with E-state index in [4.69, 9.17) is 4.74 Å². The molecular formula is C32H28F3N3O2. The second kappa shape index (κ2) is 11.7. The molecule has 0 aliphatic rings. The largest absolute Gasteiger partial charge is 0.491 e. The molecule has 0 aliphatic heterocycles. The number of aromatic amines is 1. The maximum absolute atomic E-state index is 14.1. The van der Waals surface area contributed by atoms with Gasteiger partial charge in [0.25, 0.3) is 0 Å². The molecule has 3 aromatic carbocycles. The minimum Gasteiger partial charge on any atom is -0.491 e. The number of rotatable bonds is 9. The highest BCUT2D eigenvalue weighted by Crippen LogP contribution is 2.31. The number of benzene rings is 3. The number of amides is 1. The Morgan fingerprint density at radius 3 is 2.42 bits per heavy atom. The SMILES string of the molecule is CC(C)Oc1ccc(-c2cccnc2[C@H](Cc2cc(F)cc(F)c2)NC(=O)Cc2c[nH]c3ccc(F)cc23)cc1. The minimum atomic E-state index is -0.710. The highest BCUT2D eigenvalue weighted by molar-refractivity contribution is 5.89. The Morgan fingerprint density at radius 2 is 1.70 bits per heavy atom. The predicted molar refractivity (Wildman–Crippen MR) is 148 cm³/mol. The van der Waals surface area contributed by atoms with Crippen molar-refractivity contribution in [2.45, 2.75) is 38.8 Å². The molecule has 2 heterocycles. The molecule has 5 rings (SSSR count). The molecule has 204 valence electrons. The average Bonchev–Trinajstić information content (AvgIpc) is 3.29. The molecule has 1 atom stereocenters. The summed E-state index contributed by atoms with van der Waals surface area (Å²) < 4.78 is 47.7. The zero-order chi connectivity index (χ0) is 28.2. The van der Waals surface area contributed by atoms with Crippen molar-refractivity contribution in [3.05, 3.63) is 119 Å². The Kier molecular flexibility index (Phi) is 7.86. The standard InChI is InChI=1S/C32H28F3N3O2/c1-19(2)40-26-8-5-21(6-9-26)27-4-3-11-36-32(27)30(14-20-12-24(34)16-25(35)13-20)38-31(39)15-22-18-37-29-10-7-23(33)17-28(22)29/h3-13,16-19,30,37H,14-15H2,1-2H3,(H,38,39)/t30-/m0/s1. The third-order valence-corrected chi connectivity index (χ3v) is 6.48. The van der Waals surface area contributed by atoms with E-state index in [2.05, 4.69) is 15.3 Å². The molecule has 8 heteroatoms. The molecule has 0 radical (unpaired) electrons. The lowest BCUT2D eigenvalue weighted by Gasteiger charge is -2.22. The number of H-pyrrole nitrogens is 1. The topological polar surface area (TPSA) is 67.0 Å². The van der Waals surface area contributed by atoms with E-state index >= 15 is 0 Å². The molecule has 0 bridgehead atoms. The minimum absolute atomic E-state index is 0.0269. The van der Waals surface area contributed by atoms with E-state index in [-0.39, 0.29) is 24.9 Å². The third-order valence-electron chi connectivity index (χ3n) is 6.48. The first-order valence-electron chi connectivity index (χ1n) is 13.0. The molecular weight excluding hydrogens is 515 g/mol. The normalized spacial score (nSPS) is 12.1. The number of fused-ring (bicyclic) bond motifs is 1. The van der Waals surface area contributed by atoms with Crippen LogP contribution >= 0.6 is 0 Å². The van der Waals surface area contributed by atoms with Crippen LogP contribution in [0.1, 0.15) is 36.7 Å². The van der Waals surface area contributed by atoms with Gasteiger partial charge < -0.3 is 15.0 Å². The Labute approximate surface area is 230 Å².